The van der Waals surface area contributed by atoms with Crippen LogP contribution in [0.3, 0.4) is 0 Å². The monoisotopic (exact) mass is 326 g/mol. The zero-order chi connectivity index (χ0) is 17.4. The zero-order valence-electron chi connectivity index (χ0n) is 15.8. The predicted octanol–water partition coefficient (Wildman–Crippen LogP) is 4.22. The fraction of sp³-hybridized carbons (Fsp3) is 0.500. The lowest BCUT2D eigenvalue weighted by Gasteiger charge is -2.34. The molecule has 0 saturated carbocycles. The molecule has 2 heterocycles. The summed E-state index contributed by atoms with van der Waals surface area (Å²) in [5, 5.41) is 0. The van der Waals surface area contributed by atoms with Crippen LogP contribution in [0.2, 0.25) is 0 Å². The van der Waals surface area contributed by atoms with E-state index in [1.165, 1.54) is 22.5 Å². The minimum absolute atomic E-state index is 0.363. The Morgan fingerprint density at radius 3 is 1.50 bits per heavy atom. The third-order valence-corrected chi connectivity index (χ3v) is 5.39. The minimum Gasteiger partial charge on any atom is -0.356 e. The molecule has 0 N–H and O–H groups in total. The Balaban J connectivity index is 1.98. The van der Waals surface area contributed by atoms with Gasteiger partial charge in [-0.3, -0.25) is 0 Å². The van der Waals surface area contributed by atoms with Crippen molar-refractivity contribution in [3.8, 4) is 0 Å². The first-order valence-corrected chi connectivity index (χ1v) is 9.04. The molecule has 2 aliphatic heterocycles. The van der Waals surface area contributed by atoms with Crippen LogP contribution >= 0.6 is 0 Å². The molecule has 24 heavy (non-hydrogen) atoms. The van der Waals surface area contributed by atoms with Crippen molar-refractivity contribution in [2.45, 2.75) is 53.9 Å². The van der Waals surface area contributed by atoms with Crippen molar-refractivity contribution < 1.29 is 0 Å². The third-order valence-electron chi connectivity index (χ3n) is 5.39. The van der Waals surface area contributed by atoms with Crippen LogP contribution in [-0.2, 0) is 0 Å². The second-order valence-electron chi connectivity index (χ2n) is 6.76. The van der Waals surface area contributed by atoms with E-state index in [2.05, 4.69) is 98.1 Å². The Hall–Kier alpha value is -2.10. The van der Waals surface area contributed by atoms with Crippen LogP contribution in [0.15, 0.2) is 36.9 Å². The zero-order valence-corrected chi connectivity index (χ0v) is 15.8. The maximum Gasteiger partial charge on any atom is 0.102 e. The highest BCUT2D eigenvalue weighted by Crippen LogP contribution is 2.37. The molecule has 2 aliphatic rings. The average Bonchev–Trinajstić information content (AvgIpc) is 3.12. The van der Waals surface area contributed by atoms with Crippen molar-refractivity contribution in [1.82, 2.24) is 9.80 Å². The molecule has 0 aromatic heterocycles. The van der Waals surface area contributed by atoms with Gasteiger partial charge < -0.3 is 19.6 Å². The summed E-state index contributed by atoms with van der Waals surface area (Å²) < 4.78 is 0. The van der Waals surface area contributed by atoms with Crippen molar-refractivity contribution in [3.05, 3.63) is 48.1 Å². The number of anilines is 2. The van der Waals surface area contributed by atoms with Gasteiger partial charge in [-0.15, -0.1) is 0 Å². The van der Waals surface area contributed by atoms with Crippen LogP contribution in [0.1, 0.15) is 38.8 Å². The normalized spacial score (nSPS) is 23.1. The van der Waals surface area contributed by atoms with E-state index in [0.29, 0.717) is 12.3 Å². The van der Waals surface area contributed by atoms with E-state index in [1.807, 2.05) is 0 Å². The van der Waals surface area contributed by atoms with Crippen LogP contribution < -0.4 is 9.80 Å². The maximum atomic E-state index is 2.39. The SMILES string of the molecule is CCN1C=CN(c2cc(C)cc(N3C=CN(CC)[C@@H]3C)c2C)[C@@H]1C. The smallest absolute Gasteiger partial charge is 0.102 e. The fourth-order valence-electron chi connectivity index (χ4n) is 3.79. The Kier molecular flexibility index (Phi) is 4.48. The second kappa shape index (κ2) is 6.42. The minimum atomic E-state index is 0.363. The number of nitrogens with zero attached hydrogens (tertiary/aromatic N) is 4. The van der Waals surface area contributed by atoms with Gasteiger partial charge in [0.05, 0.1) is 0 Å². The van der Waals surface area contributed by atoms with Gasteiger partial charge in [0.1, 0.15) is 12.3 Å². The summed E-state index contributed by atoms with van der Waals surface area (Å²) in [4.78, 5) is 9.49. The summed E-state index contributed by atoms with van der Waals surface area (Å²) in [7, 11) is 0. The first-order chi connectivity index (χ1) is 11.5. The highest BCUT2D eigenvalue weighted by molar-refractivity contribution is 5.72. The summed E-state index contributed by atoms with van der Waals surface area (Å²) in [6, 6.07) is 4.61. The van der Waals surface area contributed by atoms with Crippen LogP contribution in [0.5, 0.6) is 0 Å². The highest BCUT2D eigenvalue weighted by atomic mass is 15.4. The first kappa shape index (κ1) is 16.7. The van der Waals surface area contributed by atoms with Gasteiger partial charge in [-0.1, -0.05) is 0 Å². The van der Waals surface area contributed by atoms with Gasteiger partial charge in [-0.25, -0.2) is 0 Å². The lowest BCUT2D eigenvalue weighted by atomic mass is 10.1. The van der Waals surface area contributed by atoms with E-state index in [4.69, 9.17) is 0 Å². The van der Waals surface area contributed by atoms with Gasteiger partial charge >= 0.3 is 0 Å². The van der Waals surface area contributed by atoms with E-state index < -0.39 is 0 Å². The Bertz CT molecular complexity index is 611. The van der Waals surface area contributed by atoms with Gasteiger partial charge in [0.2, 0.25) is 0 Å². The molecule has 1 aromatic rings. The lowest BCUT2D eigenvalue weighted by molar-refractivity contribution is 0.333. The van der Waals surface area contributed by atoms with Crippen LogP contribution in [-0.4, -0.2) is 35.2 Å². The van der Waals surface area contributed by atoms with Gasteiger partial charge in [-0.05, 0) is 64.8 Å². The van der Waals surface area contributed by atoms with Crippen molar-refractivity contribution >= 4 is 11.4 Å². The summed E-state index contributed by atoms with van der Waals surface area (Å²) in [5.41, 5.74) is 5.25. The molecular weight excluding hydrogens is 296 g/mol. The molecule has 1 aromatic carbocycles. The molecule has 0 radical (unpaired) electrons. The molecule has 4 heteroatoms. The summed E-state index contributed by atoms with van der Waals surface area (Å²) in [5.74, 6) is 0. The van der Waals surface area contributed by atoms with Crippen LogP contribution in [0, 0.1) is 13.8 Å². The van der Waals surface area contributed by atoms with Gasteiger partial charge in [-0.2, -0.15) is 0 Å². The summed E-state index contributed by atoms with van der Waals surface area (Å²) in [6.45, 7) is 15.4. The van der Waals surface area contributed by atoms with Gasteiger partial charge in [0.25, 0.3) is 0 Å². The van der Waals surface area contributed by atoms with E-state index >= 15 is 0 Å². The molecule has 0 bridgehead atoms. The molecular formula is C20H30N4. The molecule has 130 valence electrons. The fourth-order valence-corrected chi connectivity index (χ4v) is 3.79. The largest absolute Gasteiger partial charge is 0.356 e. The molecule has 0 fully saturated rings. The third kappa shape index (κ3) is 2.64. The van der Waals surface area contributed by atoms with Crippen molar-refractivity contribution in [2.75, 3.05) is 22.9 Å². The highest BCUT2D eigenvalue weighted by Gasteiger charge is 2.27. The Morgan fingerprint density at radius 2 is 1.17 bits per heavy atom. The van der Waals surface area contributed by atoms with Crippen LogP contribution in [0.25, 0.3) is 0 Å². The van der Waals surface area contributed by atoms with Crippen molar-refractivity contribution in [1.29, 1.82) is 0 Å². The molecule has 2 atom stereocenters. The number of benzene rings is 1. The Labute approximate surface area is 146 Å². The van der Waals surface area contributed by atoms with Gasteiger partial charge in [0, 0.05) is 49.3 Å². The van der Waals surface area contributed by atoms with E-state index in [-0.39, 0.29) is 0 Å². The van der Waals surface area contributed by atoms with Gasteiger partial charge in [0.15, 0.2) is 0 Å². The maximum absolute atomic E-state index is 2.39. The van der Waals surface area contributed by atoms with Crippen molar-refractivity contribution in [2.24, 2.45) is 0 Å². The molecule has 0 aliphatic carbocycles. The van der Waals surface area contributed by atoms with Crippen LogP contribution in [0.4, 0.5) is 11.4 Å². The average molecular weight is 326 g/mol. The lowest BCUT2D eigenvalue weighted by Crippen LogP contribution is -2.37. The number of rotatable bonds is 4. The topological polar surface area (TPSA) is 13.0 Å². The quantitative estimate of drug-likeness (QED) is 0.821. The summed E-state index contributed by atoms with van der Waals surface area (Å²) >= 11 is 0. The second-order valence-corrected chi connectivity index (χ2v) is 6.76. The van der Waals surface area contributed by atoms with E-state index in [9.17, 15) is 0 Å². The molecule has 0 unspecified atom stereocenters. The predicted molar refractivity (Wildman–Crippen MR) is 103 cm³/mol. The molecule has 0 saturated heterocycles. The number of aryl methyl sites for hydroxylation is 1. The molecule has 0 amide bonds. The van der Waals surface area contributed by atoms with E-state index in [1.54, 1.807) is 0 Å². The number of hydrogen-bond donors (Lipinski definition) is 0. The molecule has 4 nitrogen and oxygen atoms in total. The first-order valence-electron chi connectivity index (χ1n) is 9.04. The van der Waals surface area contributed by atoms with E-state index in [0.717, 1.165) is 13.1 Å². The van der Waals surface area contributed by atoms with Crippen molar-refractivity contribution in [3.63, 3.8) is 0 Å². The standard InChI is InChI=1S/C20H30N4/c1-7-21-9-11-23(17(21)5)19-13-15(3)14-20(16(19)4)24-12-10-22(8-2)18(24)6/h9-14,17-18H,7-8H2,1-6H3/t17-,18+. The molecule has 0 spiro atoms. The Morgan fingerprint density at radius 1 is 0.750 bits per heavy atom. The summed E-state index contributed by atoms with van der Waals surface area (Å²) in [6.07, 6.45) is 9.54. The molecule has 3 rings (SSSR count). The number of hydrogen-bond acceptors (Lipinski definition) is 4.